The van der Waals surface area contributed by atoms with Crippen LogP contribution in [0.15, 0.2) is 35.3 Å². The predicted molar refractivity (Wildman–Crippen MR) is 223 cm³/mol. The van der Waals surface area contributed by atoms with Crippen molar-refractivity contribution in [2.24, 2.45) is 39.6 Å². The molecule has 2 rings (SSSR count). The Morgan fingerprint density at radius 2 is 1.29 bits per heavy atom. The second-order valence-electron chi connectivity index (χ2n) is 15.4. The number of aliphatic hydroxyl groups excluding tert-OH is 1. The Labute approximate surface area is 359 Å². The number of aliphatic imine (C=N–C) groups is 1. The third kappa shape index (κ3) is 18.1. The molecule has 62 heavy (non-hydrogen) atoms. The van der Waals surface area contributed by atoms with Gasteiger partial charge in [0.1, 0.15) is 42.3 Å². The topological polar surface area (TPSA) is 400 Å². The van der Waals surface area contributed by atoms with E-state index in [1.54, 1.807) is 44.2 Å². The van der Waals surface area contributed by atoms with Gasteiger partial charge in [-0.3, -0.25) is 48.1 Å². The van der Waals surface area contributed by atoms with Gasteiger partial charge in [0.25, 0.3) is 0 Å². The number of carboxylic acid groups (broad SMARTS) is 1. The van der Waals surface area contributed by atoms with Crippen LogP contribution >= 0.6 is 0 Å². The Morgan fingerprint density at radius 3 is 1.82 bits per heavy atom. The van der Waals surface area contributed by atoms with E-state index in [0.717, 1.165) is 4.90 Å². The fraction of sp³-hybridized carbons (Fsp3) is 0.590. The summed E-state index contributed by atoms with van der Waals surface area (Å²) in [7, 11) is 0. The molecule has 17 N–H and O–H groups in total. The third-order valence-corrected chi connectivity index (χ3v) is 9.77. The maximum absolute atomic E-state index is 14.0. The molecule has 1 fully saturated rings. The number of nitrogens with two attached hydrogens (primary N) is 5. The molecule has 1 aromatic carbocycles. The minimum absolute atomic E-state index is 0.00763. The summed E-state index contributed by atoms with van der Waals surface area (Å²) in [5.74, 6) is -8.51. The van der Waals surface area contributed by atoms with Crippen LogP contribution in [0.4, 0.5) is 0 Å². The van der Waals surface area contributed by atoms with Crippen molar-refractivity contribution in [1.82, 2.24) is 31.5 Å². The molecule has 1 heterocycles. The quantitative estimate of drug-likeness (QED) is 0.0226. The summed E-state index contributed by atoms with van der Waals surface area (Å²) in [6.07, 6.45) is -0.617. The highest BCUT2D eigenvalue weighted by molar-refractivity contribution is 5.98. The predicted octanol–water partition coefficient (Wildman–Crippen LogP) is -4.32. The maximum Gasteiger partial charge on any atom is 0.303 e. The van der Waals surface area contributed by atoms with Crippen molar-refractivity contribution in [1.29, 1.82) is 0 Å². The summed E-state index contributed by atoms with van der Waals surface area (Å²) in [4.78, 5) is 122. The number of carbonyl (C=O) groups excluding carboxylic acids is 8. The number of carboxylic acids is 1. The van der Waals surface area contributed by atoms with E-state index in [0.29, 0.717) is 12.0 Å². The molecule has 0 bridgehead atoms. The van der Waals surface area contributed by atoms with E-state index in [2.05, 4.69) is 31.6 Å². The van der Waals surface area contributed by atoms with Crippen LogP contribution in [0.25, 0.3) is 0 Å². The van der Waals surface area contributed by atoms with Crippen LogP contribution in [-0.2, 0) is 49.6 Å². The molecule has 7 atom stereocenters. The van der Waals surface area contributed by atoms with Crippen LogP contribution in [0, 0.1) is 5.92 Å². The van der Waals surface area contributed by atoms with Gasteiger partial charge in [0, 0.05) is 25.9 Å². The summed E-state index contributed by atoms with van der Waals surface area (Å²) in [5, 5.41) is 31.4. The van der Waals surface area contributed by atoms with Crippen molar-refractivity contribution in [2.75, 3.05) is 19.7 Å². The van der Waals surface area contributed by atoms with E-state index in [1.165, 1.54) is 0 Å². The number of likely N-dealkylation sites (tertiary alicyclic amines) is 1. The van der Waals surface area contributed by atoms with Gasteiger partial charge in [0.15, 0.2) is 5.96 Å². The Hall–Kier alpha value is -6.36. The van der Waals surface area contributed by atoms with Crippen molar-refractivity contribution in [2.45, 2.75) is 120 Å². The highest BCUT2D eigenvalue weighted by atomic mass is 16.4. The fourth-order valence-electron chi connectivity index (χ4n) is 6.64. The van der Waals surface area contributed by atoms with E-state index in [4.69, 9.17) is 28.7 Å². The van der Waals surface area contributed by atoms with E-state index in [1.807, 2.05) is 0 Å². The zero-order valence-electron chi connectivity index (χ0n) is 35.0. The molecule has 1 aliphatic heterocycles. The minimum Gasteiger partial charge on any atom is -0.481 e. The summed E-state index contributed by atoms with van der Waals surface area (Å²) in [6.45, 7) is 2.95. The highest BCUT2D eigenvalue weighted by Crippen LogP contribution is 2.19. The van der Waals surface area contributed by atoms with Gasteiger partial charge in [-0.2, -0.15) is 0 Å². The van der Waals surface area contributed by atoms with Crippen LogP contribution in [0.2, 0.25) is 0 Å². The number of hydrogen-bond donors (Lipinski definition) is 12. The first-order chi connectivity index (χ1) is 29.2. The lowest BCUT2D eigenvalue weighted by Gasteiger charge is -2.29. The van der Waals surface area contributed by atoms with E-state index < -0.39 is 109 Å². The lowest BCUT2D eigenvalue weighted by atomic mass is 10.00. The number of benzene rings is 1. The van der Waals surface area contributed by atoms with Gasteiger partial charge in [-0.15, -0.1) is 0 Å². The molecule has 0 aliphatic carbocycles. The SMILES string of the molecule is CC(C)C[C@H](NC(=O)[C@H](CCCC(=O)O)NC(=O)[C@H](Cc1ccccc1)NC(=O)[C@@H](N)CO)C(=O)N[C@@H](CCCN=C(N)N)C(=O)N[C@@H](CC(N)=O)C(=O)N1CCC[C@H]1C(N)=O. The van der Waals surface area contributed by atoms with Crippen LogP contribution in [-0.4, -0.2) is 136 Å². The van der Waals surface area contributed by atoms with Crippen molar-refractivity contribution < 1.29 is 53.4 Å². The molecule has 0 unspecified atom stereocenters. The van der Waals surface area contributed by atoms with Crippen molar-refractivity contribution in [3.63, 3.8) is 0 Å². The van der Waals surface area contributed by atoms with Crippen LogP contribution in [0.1, 0.15) is 77.2 Å². The Bertz CT molecular complexity index is 1760. The molecular formula is C39H62N12O11. The number of aliphatic carboxylic acids is 1. The Kier molecular flexibility index (Phi) is 21.8. The summed E-state index contributed by atoms with van der Waals surface area (Å²) in [6, 6.07) is -0.805. The molecule has 0 radical (unpaired) electrons. The van der Waals surface area contributed by atoms with E-state index in [-0.39, 0.29) is 76.3 Å². The number of aliphatic hydroxyl groups is 1. The minimum atomic E-state index is -1.53. The van der Waals surface area contributed by atoms with Gasteiger partial charge in [-0.1, -0.05) is 44.2 Å². The molecule has 0 aromatic heterocycles. The normalized spacial score (nSPS) is 16.3. The van der Waals surface area contributed by atoms with E-state index >= 15 is 0 Å². The molecule has 1 aromatic rings. The van der Waals surface area contributed by atoms with Crippen LogP contribution in [0.5, 0.6) is 0 Å². The summed E-state index contributed by atoms with van der Waals surface area (Å²) < 4.78 is 0. The van der Waals surface area contributed by atoms with E-state index in [9.17, 15) is 53.4 Å². The third-order valence-electron chi connectivity index (χ3n) is 9.77. The van der Waals surface area contributed by atoms with Gasteiger partial charge in [-0.05, 0) is 56.4 Å². The second kappa shape index (κ2) is 26.1. The van der Waals surface area contributed by atoms with Gasteiger partial charge < -0.3 is 70.4 Å². The number of guanidine groups is 1. The fourth-order valence-corrected chi connectivity index (χ4v) is 6.64. The standard InChI is InChI=1S/C39H62N12O11/c1-21(2)17-26(49-34(58)24(11-6-14-31(54)55)46-37(61)27(48-33(57)23(40)20-52)18-22-9-4-3-5-10-22)36(60)47-25(12-7-15-45-39(43)44)35(59)50-28(19-30(41)53)38(62)51-16-8-13-29(51)32(42)56/h3-5,9-10,21,23-29,52H,6-8,11-20,40H2,1-2H3,(H2,41,53)(H2,42,56)(H,46,61)(H,47,60)(H,48,57)(H,49,58)(H,50,59)(H,54,55)(H4,43,44,45)/t23-,24-,25-,26-,27-,28-,29-/m0/s1. The first kappa shape index (κ1) is 51.8. The van der Waals surface area contributed by atoms with Crippen molar-refractivity contribution >= 4 is 59.2 Å². The monoisotopic (exact) mass is 874 g/mol. The van der Waals surface area contributed by atoms with Gasteiger partial charge in [0.05, 0.1) is 13.0 Å². The smallest absolute Gasteiger partial charge is 0.303 e. The van der Waals surface area contributed by atoms with Gasteiger partial charge in [0.2, 0.25) is 47.3 Å². The summed E-state index contributed by atoms with van der Waals surface area (Å²) >= 11 is 0. The van der Waals surface area contributed by atoms with Crippen molar-refractivity contribution in [3.05, 3.63) is 35.9 Å². The van der Waals surface area contributed by atoms with Gasteiger partial charge in [-0.25, -0.2) is 0 Å². The molecule has 0 saturated carbocycles. The average Bonchev–Trinajstić information content (AvgIpc) is 3.70. The van der Waals surface area contributed by atoms with Crippen LogP contribution in [0.3, 0.4) is 0 Å². The first-order valence-corrected chi connectivity index (χ1v) is 20.3. The van der Waals surface area contributed by atoms with Crippen molar-refractivity contribution in [3.8, 4) is 0 Å². The number of hydrogen-bond acceptors (Lipinski definition) is 12. The number of nitrogens with one attached hydrogen (secondary N) is 5. The second-order valence-corrected chi connectivity index (χ2v) is 15.4. The average molecular weight is 875 g/mol. The lowest BCUT2D eigenvalue weighted by molar-refractivity contribution is -0.142. The van der Waals surface area contributed by atoms with Crippen LogP contribution < -0.4 is 55.3 Å². The molecule has 23 heteroatoms. The summed E-state index contributed by atoms with van der Waals surface area (Å²) in [5.41, 5.74) is 28.1. The molecule has 1 aliphatic rings. The first-order valence-electron chi connectivity index (χ1n) is 20.3. The number of amides is 8. The zero-order valence-corrected chi connectivity index (χ0v) is 35.0. The maximum atomic E-state index is 14.0. The Balaban J connectivity index is 2.42. The number of primary amides is 2. The number of carbonyl (C=O) groups is 9. The highest BCUT2D eigenvalue weighted by Gasteiger charge is 2.39. The largest absolute Gasteiger partial charge is 0.481 e. The zero-order chi connectivity index (χ0) is 46.5. The number of rotatable bonds is 27. The molecule has 23 nitrogen and oxygen atoms in total. The molecule has 344 valence electrons. The Morgan fingerprint density at radius 1 is 0.758 bits per heavy atom. The molecular weight excluding hydrogens is 813 g/mol. The molecule has 8 amide bonds. The van der Waals surface area contributed by atoms with Gasteiger partial charge >= 0.3 is 5.97 Å². The molecule has 0 spiro atoms. The lowest BCUT2D eigenvalue weighted by Crippen LogP contribution is -2.60. The number of nitrogens with zero attached hydrogens (tertiary/aromatic N) is 2. The molecule has 1 saturated heterocycles.